The lowest BCUT2D eigenvalue weighted by atomic mass is 10.0. The SMILES string of the molecule is Nc1cc(Br)cc(C(=O)Cc2c(F)cccc2F)c1. The van der Waals surface area contributed by atoms with Crippen molar-refractivity contribution in [2.24, 2.45) is 0 Å². The van der Waals surface area contributed by atoms with E-state index in [1.165, 1.54) is 12.1 Å². The molecule has 0 aliphatic heterocycles. The van der Waals surface area contributed by atoms with Crippen LogP contribution >= 0.6 is 15.9 Å². The molecule has 2 N–H and O–H groups in total. The molecule has 0 fully saturated rings. The van der Waals surface area contributed by atoms with Gasteiger partial charge in [-0.25, -0.2) is 8.78 Å². The van der Waals surface area contributed by atoms with Crippen LogP contribution in [0, 0.1) is 11.6 Å². The molecule has 0 saturated heterocycles. The average Bonchev–Trinajstić information content (AvgIpc) is 2.32. The standard InChI is InChI=1S/C14H10BrF2NO/c15-9-4-8(5-10(18)6-9)14(19)7-11-12(16)2-1-3-13(11)17/h1-6H,7,18H2. The van der Waals surface area contributed by atoms with Gasteiger partial charge in [0.05, 0.1) is 0 Å². The van der Waals surface area contributed by atoms with Crippen molar-refractivity contribution in [1.82, 2.24) is 0 Å². The van der Waals surface area contributed by atoms with Crippen molar-refractivity contribution >= 4 is 27.4 Å². The van der Waals surface area contributed by atoms with Crippen LogP contribution in [-0.2, 0) is 6.42 Å². The van der Waals surface area contributed by atoms with Crippen molar-refractivity contribution in [3.63, 3.8) is 0 Å². The van der Waals surface area contributed by atoms with Crippen molar-refractivity contribution < 1.29 is 13.6 Å². The molecule has 0 atom stereocenters. The van der Waals surface area contributed by atoms with Gasteiger partial charge in [-0.2, -0.15) is 0 Å². The van der Waals surface area contributed by atoms with Crippen molar-refractivity contribution in [3.05, 3.63) is 63.6 Å². The first kappa shape index (κ1) is 13.7. The molecule has 5 heteroatoms. The van der Waals surface area contributed by atoms with Crippen molar-refractivity contribution in [2.45, 2.75) is 6.42 Å². The first-order valence-electron chi connectivity index (χ1n) is 5.49. The normalized spacial score (nSPS) is 10.5. The molecule has 0 saturated carbocycles. The topological polar surface area (TPSA) is 43.1 Å². The van der Waals surface area contributed by atoms with E-state index in [-0.39, 0.29) is 12.0 Å². The van der Waals surface area contributed by atoms with Crippen LogP contribution in [0.4, 0.5) is 14.5 Å². The molecule has 0 radical (unpaired) electrons. The highest BCUT2D eigenvalue weighted by Crippen LogP contribution is 2.20. The van der Waals surface area contributed by atoms with E-state index in [0.29, 0.717) is 15.7 Å². The molecule has 2 nitrogen and oxygen atoms in total. The molecule has 0 amide bonds. The summed E-state index contributed by atoms with van der Waals surface area (Å²) in [6.45, 7) is 0. The molecule has 0 spiro atoms. The van der Waals surface area contributed by atoms with Crippen molar-refractivity contribution in [1.29, 1.82) is 0 Å². The second-order valence-electron chi connectivity index (χ2n) is 4.07. The van der Waals surface area contributed by atoms with Crippen LogP contribution in [0.2, 0.25) is 0 Å². The van der Waals surface area contributed by atoms with Gasteiger partial charge in [0.15, 0.2) is 5.78 Å². The maximum atomic E-state index is 13.5. The number of carbonyl (C=O) groups is 1. The predicted molar refractivity (Wildman–Crippen MR) is 72.9 cm³/mol. The quantitative estimate of drug-likeness (QED) is 0.690. The van der Waals surface area contributed by atoms with Gasteiger partial charge in [-0.15, -0.1) is 0 Å². The Hall–Kier alpha value is -1.75. The lowest BCUT2D eigenvalue weighted by molar-refractivity contribution is 0.0990. The van der Waals surface area contributed by atoms with E-state index in [4.69, 9.17) is 5.73 Å². The molecule has 2 rings (SSSR count). The molecule has 0 aromatic heterocycles. The van der Waals surface area contributed by atoms with Crippen LogP contribution in [0.3, 0.4) is 0 Å². The number of carbonyl (C=O) groups excluding carboxylic acids is 1. The number of nitrogen functional groups attached to an aromatic ring is 1. The van der Waals surface area contributed by atoms with E-state index < -0.39 is 17.4 Å². The Morgan fingerprint density at radius 3 is 2.37 bits per heavy atom. The number of halogens is 3. The molecular formula is C14H10BrF2NO. The van der Waals surface area contributed by atoms with E-state index in [2.05, 4.69) is 15.9 Å². The van der Waals surface area contributed by atoms with Gasteiger partial charge in [0.25, 0.3) is 0 Å². The summed E-state index contributed by atoms with van der Waals surface area (Å²) in [5.41, 5.74) is 6.11. The summed E-state index contributed by atoms with van der Waals surface area (Å²) in [6, 6.07) is 8.20. The molecule has 0 heterocycles. The summed E-state index contributed by atoms with van der Waals surface area (Å²) >= 11 is 3.22. The van der Waals surface area contributed by atoms with Gasteiger partial charge >= 0.3 is 0 Å². The highest BCUT2D eigenvalue weighted by atomic mass is 79.9. The Labute approximate surface area is 117 Å². The van der Waals surface area contributed by atoms with E-state index in [1.807, 2.05) is 0 Å². The molecule has 98 valence electrons. The van der Waals surface area contributed by atoms with Crippen LogP contribution in [-0.4, -0.2) is 5.78 Å². The number of hydrogen-bond acceptors (Lipinski definition) is 2. The Bertz CT molecular complexity index is 603. The Balaban J connectivity index is 2.31. The number of nitrogens with two attached hydrogens (primary N) is 1. The number of anilines is 1. The fourth-order valence-electron chi connectivity index (χ4n) is 1.74. The van der Waals surface area contributed by atoms with E-state index in [0.717, 1.165) is 12.1 Å². The second kappa shape index (κ2) is 5.48. The largest absolute Gasteiger partial charge is 0.399 e. The number of benzene rings is 2. The van der Waals surface area contributed by atoms with Crippen LogP contribution in [0.25, 0.3) is 0 Å². The summed E-state index contributed by atoms with van der Waals surface area (Å²) in [5.74, 6) is -1.84. The monoisotopic (exact) mass is 325 g/mol. The van der Waals surface area contributed by atoms with Crippen molar-refractivity contribution in [2.75, 3.05) is 5.73 Å². The summed E-state index contributed by atoms with van der Waals surface area (Å²) in [7, 11) is 0. The Morgan fingerprint density at radius 2 is 1.79 bits per heavy atom. The highest BCUT2D eigenvalue weighted by Gasteiger charge is 2.15. The molecule has 2 aromatic rings. The molecule has 2 aromatic carbocycles. The highest BCUT2D eigenvalue weighted by molar-refractivity contribution is 9.10. The van der Waals surface area contributed by atoms with Gasteiger partial charge in [-0.05, 0) is 30.3 Å². The maximum absolute atomic E-state index is 13.5. The third kappa shape index (κ3) is 3.17. The molecule has 0 aliphatic rings. The Kier molecular flexibility index (Phi) is 3.95. The van der Waals surface area contributed by atoms with Crippen LogP contribution in [0.15, 0.2) is 40.9 Å². The lowest BCUT2D eigenvalue weighted by Gasteiger charge is -2.06. The second-order valence-corrected chi connectivity index (χ2v) is 4.99. The van der Waals surface area contributed by atoms with Gasteiger partial charge in [0.1, 0.15) is 11.6 Å². The molecule has 19 heavy (non-hydrogen) atoms. The summed E-state index contributed by atoms with van der Waals surface area (Å²) in [4.78, 5) is 12.0. The minimum absolute atomic E-state index is 0.231. The van der Waals surface area contributed by atoms with Gasteiger partial charge in [-0.3, -0.25) is 4.79 Å². The number of Topliss-reactive ketones (excluding diaryl/α,β-unsaturated/α-hetero) is 1. The maximum Gasteiger partial charge on any atom is 0.167 e. The molecule has 0 bridgehead atoms. The predicted octanol–water partition coefficient (Wildman–Crippen LogP) is 3.73. The average molecular weight is 326 g/mol. The molecule has 0 aliphatic carbocycles. The van der Waals surface area contributed by atoms with Gasteiger partial charge in [0, 0.05) is 27.7 Å². The minimum Gasteiger partial charge on any atom is -0.399 e. The summed E-state index contributed by atoms with van der Waals surface area (Å²) < 4.78 is 27.6. The number of rotatable bonds is 3. The summed E-state index contributed by atoms with van der Waals surface area (Å²) in [5, 5.41) is 0. The first-order chi connectivity index (χ1) is 8.97. The Morgan fingerprint density at radius 1 is 1.16 bits per heavy atom. The third-order valence-electron chi connectivity index (χ3n) is 2.64. The molecule has 0 unspecified atom stereocenters. The van der Waals surface area contributed by atoms with E-state index in [9.17, 15) is 13.6 Å². The van der Waals surface area contributed by atoms with Gasteiger partial charge < -0.3 is 5.73 Å². The fraction of sp³-hybridized carbons (Fsp3) is 0.0714. The lowest BCUT2D eigenvalue weighted by Crippen LogP contribution is -2.08. The third-order valence-corrected chi connectivity index (χ3v) is 3.10. The van der Waals surface area contributed by atoms with Crippen LogP contribution in [0.5, 0.6) is 0 Å². The zero-order valence-corrected chi connectivity index (χ0v) is 11.4. The fourth-order valence-corrected chi connectivity index (χ4v) is 2.25. The minimum atomic E-state index is -0.726. The molecular weight excluding hydrogens is 316 g/mol. The van der Waals surface area contributed by atoms with Gasteiger partial charge in [0.2, 0.25) is 0 Å². The summed E-state index contributed by atoms with van der Waals surface area (Å²) in [6.07, 6.45) is -0.339. The zero-order valence-electron chi connectivity index (χ0n) is 9.79. The van der Waals surface area contributed by atoms with E-state index in [1.54, 1.807) is 12.1 Å². The van der Waals surface area contributed by atoms with Crippen molar-refractivity contribution in [3.8, 4) is 0 Å². The number of hydrogen-bond donors (Lipinski definition) is 1. The van der Waals surface area contributed by atoms with Crippen LogP contribution in [0.1, 0.15) is 15.9 Å². The first-order valence-corrected chi connectivity index (χ1v) is 6.29. The van der Waals surface area contributed by atoms with E-state index >= 15 is 0 Å². The number of ketones is 1. The van der Waals surface area contributed by atoms with Gasteiger partial charge in [-0.1, -0.05) is 22.0 Å². The smallest absolute Gasteiger partial charge is 0.167 e. The van der Waals surface area contributed by atoms with Crippen LogP contribution < -0.4 is 5.73 Å². The zero-order chi connectivity index (χ0) is 14.0.